The average Bonchev–Trinajstić information content (AvgIpc) is 3.32. The number of halogens is 1. The predicted molar refractivity (Wildman–Crippen MR) is 136 cm³/mol. The van der Waals surface area contributed by atoms with Crippen LogP contribution in [0.25, 0.3) is 10.6 Å². The molecule has 34 heavy (non-hydrogen) atoms. The van der Waals surface area contributed by atoms with E-state index in [1.807, 2.05) is 31.2 Å². The molecule has 1 N–H and O–H groups in total. The third-order valence-electron chi connectivity index (χ3n) is 5.01. The highest BCUT2D eigenvalue weighted by Gasteiger charge is 2.27. The lowest BCUT2D eigenvalue weighted by molar-refractivity contribution is -0.114. The zero-order valence-corrected chi connectivity index (χ0v) is 20.6. The largest absolute Gasteiger partial charge is 0.299 e. The molecule has 0 unspecified atom stereocenters. The minimum absolute atomic E-state index is 0.100. The lowest BCUT2D eigenvalue weighted by Crippen LogP contribution is -2.38. The van der Waals surface area contributed by atoms with Gasteiger partial charge in [-0.25, -0.2) is 8.42 Å². The van der Waals surface area contributed by atoms with Gasteiger partial charge in [0.1, 0.15) is 11.6 Å². The van der Waals surface area contributed by atoms with E-state index in [-0.39, 0.29) is 10.0 Å². The van der Waals surface area contributed by atoms with Crippen LogP contribution in [0.4, 0.5) is 10.8 Å². The second-order valence-electron chi connectivity index (χ2n) is 7.31. The highest BCUT2D eigenvalue weighted by atomic mass is 35.5. The van der Waals surface area contributed by atoms with Crippen molar-refractivity contribution in [1.82, 2.24) is 10.2 Å². The molecule has 174 valence electrons. The van der Waals surface area contributed by atoms with Crippen molar-refractivity contribution < 1.29 is 13.2 Å². The number of anilines is 2. The van der Waals surface area contributed by atoms with Gasteiger partial charge in [0.15, 0.2) is 0 Å². The summed E-state index contributed by atoms with van der Waals surface area (Å²) in [6.07, 6.45) is 0.819. The Kier molecular flexibility index (Phi) is 7.26. The first-order chi connectivity index (χ1) is 16.4. The van der Waals surface area contributed by atoms with Crippen molar-refractivity contribution in [2.75, 3.05) is 16.2 Å². The standard InChI is InChI=1S/C24H21ClN4O3S2/c1-2-17-8-14-20(15-9-17)29(34(31,32)21-6-4-3-5-7-21)16-22(30)26-24-28-27-23(33-24)18-10-12-19(25)13-11-18/h3-15H,2,16H2,1H3,(H,26,28,30). The summed E-state index contributed by atoms with van der Waals surface area (Å²) in [7, 11) is -3.98. The lowest BCUT2D eigenvalue weighted by Gasteiger charge is -2.24. The van der Waals surface area contributed by atoms with Gasteiger partial charge in [-0.2, -0.15) is 0 Å². The Morgan fingerprint density at radius 2 is 1.65 bits per heavy atom. The summed E-state index contributed by atoms with van der Waals surface area (Å²) in [6, 6.07) is 22.2. The second-order valence-corrected chi connectivity index (χ2v) is 10.6. The van der Waals surface area contributed by atoms with Crippen LogP contribution < -0.4 is 9.62 Å². The molecule has 4 rings (SSSR count). The lowest BCUT2D eigenvalue weighted by atomic mass is 10.1. The quantitative estimate of drug-likeness (QED) is 0.348. The number of amides is 1. The number of aromatic nitrogens is 2. The Balaban J connectivity index is 1.57. The molecule has 0 bridgehead atoms. The van der Waals surface area contributed by atoms with Crippen molar-refractivity contribution >= 4 is 49.7 Å². The normalized spacial score (nSPS) is 11.2. The number of sulfonamides is 1. The van der Waals surface area contributed by atoms with Crippen LogP contribution in [0.5, 0.6) is 0 Å². The zero-order valence-electron chi connectivity index (χ0n) is 18.2. The second kappa shape index (κ2) is 10.3. The molecule has 0 saturated carbocycles. The minimum atomic E-state index is -3.98. The number of benzene rings is 3. The van der Waals surface area contributed by atoms with Gasteiger partial charge >= 0.3 is 0 Å². The summed E-state index contributed by atoms with van der Waals surface area (Å²) in [4.78, 5) is 13.0. The van der Waals surface area contributed by atoms with E-state index in [9.17, 15) is 13.2 Å². The van der Waals surface area contributed by atoms with Crippen molar-refractivity contribution in [2.45, 2.75) is 18.2 Å². The number of hydrogen-bond acceptors (Lipinski definition) is 6. The Bertz CT molecular complexity index is 1370. The predicted octanol–water partition coefficient (Wildman–Crippen LogP) is 5.25. The number of nitrogens with zero attached hydrogens (tertiary/aromatic N) is 3. The number of carbonyl (C=O) groups is 1. The van der Waals surface area contributed by atoms with E-state index >= 15 is 0 Å². The van der Waals surface area contributed by atoms with Crippen LogP contribution in [-0.2, 0) is 21.2 Å². The first-order valence-electron chi connectivity index (χ1n) is 10.4. The van der Waals surface area contributed by atoms with Crippen LogP contribution in [0, 0.1) is 0 Å². The third kappa shape index (κ3) is 5.44. The maximum atomic E-state index is 13.4. The molecule has 0 aliphatic heterocycles. The molecule has 1 amide bonds. The minimum Gasteiger partial charge on any atom is -0.299 e. The molecule has 0 saturated heterocycles. The van der Waals surface area contributed by atoms with Crippen LogP contribution in [0.1, 0.15) is 12.5 Å². The molecule has 10 heteroatoms. The highest BCUT2D eigenvalue weighted by Crippen LogP contribution is 2.28. The van der Waals surface area contributed by atoms with Crippen molar-refractivity contribution in [3.8, 4) is 10.6 Å². The van der Waals surface area contributed by atoms with Gasteiger partial charge in [-0.1, -0.05) is 72.3 Å². The van der Waals surface area contributed by atoms with Crippen molar-refractivity contribution in [2.24, 2.45) is 0 Å². The van der Waals surface area contributed by atoms with Gasteiger partial charge in [0.25, 0.3) is 10.0 Å². The van der Waals surface area contributed by atoms with Gasteiger partial charge in [-0.3, -0.25) is 14.4 Å². The molecular formula is C24H21ClN4O3S2. The van der Waals surface area contributed by atoms with E-state index in [1.165, 1.54) is 23.5 Å². The fourth-order valence-electron chi connectivity index (χ4n) is 3.20. The van der Waals surface area contributed by atoms with Gasteiger partial charge < -0.3 is 0 Å². The molecule has 0 atom stereocenters. The van der Waals surface area contributed by atoms with Gasteiger partial charge in [-0.05, 0) is 48.4 Å². The molecule has 4 aromatic rings. The van der Waals surface area contributed by atoms with E-state index in [1.54, 1.807) is 42.5 Å². The van der Waals surface area contributed by atoms with Gasteiger partial charge in [0, 0.05) is 10.6 Å². The average molecular weight is 513 g/mol. The summed E-state index contributed by atoms with van der Waals surface area (Å²) < 4.78 is 27.9. The van der Waals surface area contributed by atoms with Gasteiger partial charge in [0.2, 0.25) is 11.0 Å². The molecule has 3 aromatic carbocycles. The summed E-state index contributed by atoms with van der Waals surface area (Å²) in [6.45, 7) is 1.60. The molecular weight excluding hydrogens is 492 g/mol. The zero-order chi connectivity index (χ0) is 24.1. The monoisotopic (exact) mass is 512 g/mol. The van der Waals surface area contributed by atoms with E-state index in [0.29, 0.717) is 15.7 Å². The first-order valence-corrected chi connectivity index (χ1v) is 13.1. The van der Waals surface area contributed by atoms with E-state index < -0.39 is 22.5 Å². The molecule has 0 spiro atoms. The number of hydrogen-bond donors (Lipinski definition) is 1. The van der Waals surface area contributed by atoms with Crippen LogP contribution in [0.3, 0.4) is 0 Å². The van der Waals surface area contributed by atoms with Crippen molar-refractivity contribution in [3.05, 3.63) is 89.4 Å². The first kappa shape index (κ1) is 23.9. The van der Waals surface area contributed by atoms with E-state index in [4.69, 9.17) is 11.6 Å². The van der Waals surface area contributed by atoms with E-state index in [2.05, 4.69) is 15.5 Å². The molecule has 1 heterocycles. The van der Waals surface area contributed by atoms with Crippen LogP contribution >= 0.6 is 22.9 Å². The Hall–Kier alpha value is -3.27. The Labute approximate surface area is 207 Å². The molecule has 0 aliphatic rings. The number of aryl methyl sites for hydroxylation is 1. The highest BCUT2D eigenvalue weighted by molar-refractivity contribution is 7.92. The van der Waals surface area contributed by atoms with Crippen LogP contribution in [-0.4, -0.2) is 31.1 Å². The summed E-state index contributed by atoms with van der Waals surface area (Å²) in [5.41, 5.74) is 2.27. The fraction of sp³-hybridized carbons (Fsp3) is 0.125. The van der Waals surface area contributed by atoms with Crippen LogP contribution in [0.15, 0.2) is 83.8 Å². The number of carbonyl (C=O) groups excluding carboxylic acids is 1. The van der Waals surface area contributed by atoms with Crippen molar-refractivity contribution in [1.29, 1.82) is 0 Å². The molecule has 1 aromatic heterocycles. The van der Waals surface area contributed by atoms with Crippen LogP contribution in [0.2, 0.25) is 5.02 Å². The van der Waals surface area contributed by atoms with Gasteiger partial charge in [-0.15, -0.1) is 10.2 Å². The number of nitrogens with one attached hydrogen (secondary N) is 1. The molecule has 7 nitrogen and oxygen atoms in total. The Morgan fingerprint density at radius 3 is 2.29 bits per heavy atom. The number of rotatable bonds is 8. The molecule has 0 fully saturated rings. The summed E-state index contributed by atoms with van der Waals surface area (Å²) >= 11 is 7.11. The third-order valence-corrected chi connectivity index (χ3v) is 7.94. The van der Waals surface area contributed by atoms with E-state index in [0.717, 1.165) is 21.9 Å². The molecule has 0 aliphatic carbocycles. The Morgan fingerprint density at radius 1 is 0.971 bits per heavy atom. The SMILES string of the molecule is CCc1ccc(N(CC(=O)Nc2nnc(-c3ccc(Cl)cc3)s2)S(=O)(=O)c2ccccc2)cc1. The summed E-state index contributed by atoms with van der Waals surface area (Å²) in [5.74, 6) is -0.530. The topological polar surface area (TPSA) is 92.3 Å². The maximum absolute atomic E-state index is 13.4. The maximum Gasteiger partial charge on any atom is 0.264 e. The fourth-order valence-corrected chi connectivity index (χ4v) is 5.54. The summed E-state index contributed by atoms with van der Waals surface area (Å²) in [5, 5.41) is 12.3. The van der Waals surface area contributed by atoms with Gasteiger partial charge in [0.05, 0.1) is 10.6 Å². The van der Waals surface area contributed by atoms with Crippen molar-refractivity contribution in [3.63, 3.8) is 0 Å². The smallest absolute Gasteiger partial charge is 0.264 e. The molecule has 0 radical (unpaired) electrons.